The van der Waals surface area contributed by atoms with Gasteiger partial charge in [-0.1, -0.05) is 32.4 Å². The molecule has 0 amide bonds. The molecule has 5 heteroatoms. The first-order chi connectivity index (χ1) is 8.61. The van der Waals surface area contributed by atoms with E-state index in [1.54, 1.807) is 6.07 Å². The van der Waals surface area contributed by atoms with E-state index in [9.17, 15) is 0 Å². The lowest BCUT2D eigenvalue weighted by atomic mass is 10.1. The molecular formula is C13H22ClN3O. The Morgan fingerprint density at radius 1 is 1.33 bits per heavy atom. The van der Waals surface area contributed by atoms with E-state index in [1.807, 2.05) is 6.92 Å². The van der Waals surface area contributed by atoms with Crippen LogP contribution in [0.1, 0.15) is 33.0 Å². The summed E-state index contributed by atoms with van der Waals surface area (Å²) in [5, 5.41) is 3.66. The van der Waals surface area contributed by atoms with Crippen molar-refractivity contribution in [2.75, 3.05) is 25.1 Å². The van der Waals surface area contributed by atoms with E-state index >= 15 is 0 Å². The number of nitrogens with one attached hydrogen (secondary N) is 1. The zero-order valence-corrected chi connectivity index (χ0v) is 12.1. The van der Waals surface area contributed by atoms with Gasteiger partial charge in [0.25, 0.3) is 0 Å². The molecule has 1 aromatic heterocycles. The fraction of sp³-hybridized carbons (Fsp3) is 0.692. The topological polar surface area (TPSA) is 47.0 Å². The van der Waals surface area contributed by atoms with Crippen molar-refractivity contribution in [1.82, 2.24) is 9.97 Å². The van der Waals surface area contributed by atoms with E-state index in [0.29, 0.717) is 17.7 Å². The van der Waals surface area contributed by atoms with Crippen LogP contribution in [0, 0.1) is 5.92 Å². The summed E-state index contributed by atoms with van der Waals surface area (Å²) in [6, 6.07) is 1.73. The normalized spacial score (nSPS) is 10.9. The van der Waals surface area contributed by atoms with Crippen LogP contribution in [0.2, 0.25) is 5.15 Å². The van der Waals surface area contributed by atoms with Gasteiger partial charge < -0.3 is 10.1 Å². The maximum atomic E-state index is 5.90. The van der Waals surface area contributed by atoms with Crippen molar-refractivity contribution in [2.24, 2.45) is 5.92 Å². The number of nitrogens with zero attached hydrogens (tertiary/aromatic N) is 2. The van der Waals surface area contributed by atoms with Gasteiger partial charge in [-0.25, -0.2) is 9.97 Å². The van der Waals surface area contributed by atoms with Crippen LogP contribution in [0.15, 0.2) is 6.07 Å². The van der Waals surface area contributed by atoms with Gasteiger partial charge in [-0.3, -0.25) is 0 Å². The Morgan fingerprint density at radius 3 is 2.78 bits per heavy atom. The summed E-state index contributed by atoms with van der Waals surface area (Å²) in [6.45, 7) is 8.60. The molecule has 0 saturated heterocycles. The van der Waals surface area contributed by atoms with Gasteiger partial charge in [0.05, 0.1) is 6.61 Å². The van der Waals surface area contributed by atoms with E-state index < -0.39 is 0 Å². The molecule has 0 aliphatic heterocycles. The minimum Gasteiger partial charge on any atom is -0.380 e. The predicted molar refractivity (Wildman–Crippen MR) is 75.2 cm³/mol. The van der Waals surface area contributed by atoms with Crippen molar-refractivity contribution in [2.45, 2.75) is 33.6 Å². The second-order valence-electron chi connectivity index (χ2n) is 4.57. The lowest BCUT2D eigenvalue weighted by Gasteiger charge is -2.09. The van der Waals surface area contributed by atoms with Crippen LogP contribution in [0.5, 0.6) is 0 Å². The number of aryl methyl sites for hydroxylation is 1. The number of ether oxygens (including phenoxy) is 1. The lowest BCUT2D eigenvalue weighted by Crippen LogP contribution is -2.12. The van der Waals surface area contributed by atoms with Crippen LogP contribution in [0.25, 0.3) is 0 Å². The molecular weight excluding hydrogens is 250 g/mol. The number of anilines is 1. The van der Waals surface area contributed by atoms with Gasteiger partial charge in [-0.15, -0.1) is 0 Å². The molecule has 1 rings (SSSR count). The van der Waals surface area contributed by atoms with E-state index in [-0.39, 0.29) is 0 Å². The number of halogens is 1. The smallest absolute Gasteiger partial charge is 0.134 e. The van der Waals surface area contributed by atoms with E-state index in [0.717, 1.165) is 37.6 Å². The standard InChI is InChI=1S/C13H22ClN3O/c1-4-12-16-11(14)9-13(17-12)15-6-8-18-7-5-10(2)3/h9-10H,4-8H2,1-3H3,(H,15,16,17). The summed E-state index contributed by atoms with van der Waals surface area (Å²) >= 11 is 5.90. The Balaban J connectivity index is 2.24. The third-order valence-corrected chi connectivity index (χ3v) is 2.64. The molecule has 0 radical (unpaired) electrons. The lowest BCUT2D eigenvalue weighted by molar-refractivity contribution is 0.132. The number of hydrogen-bond donors (Lipinski definition) is 1. The minimum atomic E-state index is 0.477. The van der Waals surface area contributed by atoms with Gasteiger partial charge in [0.2, 0.25) is 0 Å². The van der Waals surface area contributed by atoms with Gasteiger partial charge in [0.1, 0.15) is 16.8 Å². The number of aromatic nitrogens is 2. The first-order valence-electron chi connectivity index (χ1n) is 6.47. The maximum Gasteiger partial charge on any atom is 0.134 e. The van der Waals surface area contributed by atoms with Gasteiger partial charge in [0, 0.05) is 25.6 Å². The quantitative estimate of drug-likeness (QED) is 0.583. The number of hydrogen-bond acceptors (Lipinski definition) is 4. The summed E-state index contributed by atoms with van der Waals surface area (Å²) in [5.74, 6) is 2.20. The van der Waals surface area contributed by atoms with Crippen LogP contribution >= 0.6 is 11.6 Å². The summed E-state index contributed by atoms with van der Waals surface area (Å²) in [6.07, 6.45) is 1.87. The average Bonchev–Trinajstić information content (AvgIpc) is 2.32. The third-order valence-electron chi connectivity index (χ3n) is 2.45. The van der Waals surface area contributed by atoms with Gasteiger partial charge >= 0.3 is 0 Å². The Kier molecular flexibility index (Phi) is 6.98. The van der Waals surface area contributed by atoms with Crippen molar-refractivity contribution >= 4 is 17.4 Å². The Bertz CT molecular complexity index is 358. The van der Waals surface area contributed by atoms with Gasteiger partial charge in [-0.05, 0) is 12.3 Å². The van der Waals surface area contributed by atoms with Crippen molar-refractivity contribution in [3.63, 3.8) is 0 Å². The molecule has 0 aliphatic carbocycles. The highest BCUT2D eigenvalue weighted by molar-refractivity contribution is 6.29. The minimum absolute atomic E-state index is 0.477. The molecule has 0 saturated carbocycles. The fourth-order valence-corrected chi connectivity index (χ4v) is 1.59. The van der Waals surface area contributed by atoms with E-state index in [4.69, 9.17) is 16.3 Å². The largest absolute Gasteiger partial charge is 0.380 e. The molecule has 0 bridgehead atoms. The Morgan fingerprint density at radius 2 is 2.11 bits per heavy atom. The second-order valence-corrected chi connectivity index (χ2v) is 4.95. The molecule has 18 heavy (non-hydrogen) atoms. The first-order valence-corrected chi connectivity index (χ1v) is 6.84. The Hall–Kier alpha value is -0.870. The Labute approximate surface area is 114 Å². The molecule has 0 aromatic carbocycles. The molecule has 1 aromatic rings. The highest BCUT2D eigenvalue weighted by Gasteiger charge is 2.01. The molecule has 0 fully saturated rings. The fourth-order valence-electron chi connectivity index (χ4n) is 1.39. The van der Waals surface area contributed by atoms with Crippen LogP contribution in [-0.2, 0) is 11.2 Å². The molecule has 0 aliphatic rings. The predicted octanol–water partition coefficient (Wildman–Crippen LogP) is 3.17. The van der Waals surface area contributed by atoms with E-state index in [2.05, 4.69) is 29.1 Å². The van der Waals surface area contributed by atoms with Crippen LogP contribution in [-0.4, -0.2) is 29.7 Å². The SMILES string of the molecule is CCc1nc(Cl)cc(NCCOCCC(C)C)n1. The summed E-state index contributed by atoms with van der Waals surface area (Å²) in [7, 11) is 0. The van der Waals surface area contributed by atoms with Crippen molar-refractivity contribution in [1.29, 1.82) is 0 Å². The summed E-state index contributed by atoms with van der Waals surface area (Å²) < 4.78 is 5.51. The van der Waals surface area contributed by atoms with Crippen molar-refractivity contribution in [3.8, 4) is 0 Å². The average molecular weight is 272 g/mol. The molecule has 0 atom stereocenters. The number of rotatable bonds is 8. The molecule has 102 valence electrons. The summed E-state index contributed by atoms with van der Waals surface area (Å²) in [4.78, 5) is 8.45. The molecule has 1 N–H and O–H groups in total. The molecule has 1 heterocycles. The monoisotopic (exact) mass is 271 g/mol. The van der Waals surface area contributed by atoms with Crippen LogP contribution < -0.4 is 5.32 Å². The zero-order chi connectivity index (χ0) is 13.4. The van der Waals surface area contributed by atoms with E-state index in [1.165, 1.54) is 0 Å². The van der Waals surface area contributed by atoms with Crippen molar-refractivity contribution in [3.05, 3.63) is 17.0 Å². The highest BCUT2D eigenvalue weighted by Crippen LogP contribution is 2.11. The second kappa shape index (κ2) is 8.27. The van der Waals surface area contributed by atoms with Gasteiger partial charge in [-0.2, -0.15) is 0 Å². The first kappa shape index (κ1) is 15.2. The van der Waals surface area contributed by atoms with Crippen LogP contribution in [0.4, 0.5) is 5.82 Å². The third kappa shape index (κ3) is 6.17. The van der Waals surface area contributed by atoms with Gasteiger partial charge in [0.15, 0.2) is 0 Å². The molecule has 0 unspecified atom stereocenters. The summed E-state index contributed by atoms with van der Waals surface area (Å²) in [5.41, 5.74) is 0. The van der Waals surface area contributed by atoms with Crippen molar-refractivity contribution < 1.29 is 4.74 Å². The van der Waals surface area contributed by atoms with Crippen LogP contribution in [0.3, 0.4) is 0 Å². The zero-order valence-electron chi connectivity index (χ0n) is 11.4. The maximum absolute atomic E-state index is 5.90. The highest BCUT2D eigenvalue weighted by atomic mass is 35.5. The molecule has 0 spiro atoms. The molecule has 4 nitrogen and oxygen atoms in total.